The summed E-state index contributed by atoms with van der Waals surface area (Å²) >= 11 is 0. The molecule has 5 nitrogen and oxygen atoms in total. The van der Waals surface area contributed by atoms with Gasteiger partial charge >= 0.3 is 0 Å². The third-order valence-electron chi connectivity index (χ3n) is 6.75. The number of ether oxygens (including phenoxy) is 2. The van der Waals surface area contributed by atoms with Crippen LogP contribution < -0.4 is 9.47 Å². The second-order valence-corrected chi connectivity index (χ2v) is 9.19. The predicted molar refractivity (Wildman–Crippen MR) is 151 cm³/mol. The molecule has 0 spiro atoms. The Morgan fingerprint density at radius 1 is 0.605 bits per heavy atom. The normalized spacial score (nSPS) is 11.3. The molecule has 7 rings (SSSR count). The van der Waals surface area contributed by atoms with Gasteiger partial charge in [0, 0.05) is 34.7 Å². The average molecular weight is 494 g/mol. The lowest BCUT2D eigenvalue weighted by Crippen LogP contribution is -1.95. The van der Waals surface area contributed by atoms with Gasteiger partial charge < -0.3 is 9.47 Å². The minimum absolute atomic E-state index is 0.536. The van der Waals surface area contributed by atoms with Gasteiger partial charge in [0.2, 0.25) is 5.88 Å². The topological polar surface area (TPSA) is 48.7 Å². The Morgan fingerprint density at radius 2 is 1.39 bits per heavy atom. The molecule has 0 fully saturated rings. The fourth-order valence-electron chi connectivity index (χ4n) is 5.00. The van der Waals surface area contributed by atoms with Gasteiger partial charge in [-0.2, -0.15) is 0 Å². The van der Waals surface area contributed by atoms with E-state index < -0.39 is 0 Å². The Bertz CT molecular complexity index is 1940. The number of hydrogen-bond acceptors (Lipinski definition) is 4. The largest absolute Gasteiger partial charge is 0.457 e. The van der Waals surface area contributed by atoms with Crippen LogP contribution in [-0.4, -0.2) is 14.4 Å². The van der Waals surface area contributed by atoms with Crippen molar-refractivity contribution in [3.8, 4) is 34.4 Å². The Kier molecular flexibility index (Phi) is 5.26. The molecule has 3 aromatic heterocycles. The minimum Gasteiger partial charge on any atom is -0.457 e. The average Bonchev–Trinajstić information content (AvgIpc) is 3.40. The summed E-state index contributed by atoms with van der Waals surface area (Å²) in [6.07, 6.45) is 3.67. The van der Waals surface area contributed by atoms with Crippen LogP contribution in [0, 0.1) is 6.92 Å². The Hall–Kier alpha value is -5.16. The van der Waals surface area contributed by atoms with Crippen LogP contribution in [0.3, 0.4) is 0 Å². The second-order valence-electron chi connectivity index (χ2n) is 9.19. The zero-order valence-electron chi connectivity index (χ0n) is 20.7. The second kappa shape index (κ2) is 9.05. The van der Waals surface area contributed by atoms with Crippen LogP contribution in [0.25, 0.3) is 38.6 Å². The molecular weight excluding hydrogens is 470 g/mol. The number of para-hydroxylation sites is 1. The zero-order chi connectivity index (χ0) is 25.5. The molecule has 0 radical (unpaired) electrons. The Morgan fingerprint density at radius 3 is 2.26 bits per heavy atom. The highest BCUT2D eigenvalue weighted by atomic mass is 16.5. The maximum atomic E-state index is 6.30. The summed E-state index contributed by atoms with van der Waals surface area (Å²) in [5.74, 6) is 2.60. The van der Waals surface area contributed by atoms with Crippen molar-refractivity contribution < 1.29 is 9.47 Å². The van der Waals surface area contributed by atoms with Crippen molar-refractivity contribution in [2.75, 3.05) is 0 Å². The van der Waals surface area contributed by atoms with E-state index in [9.17, 15) is 0 Å². The lowest BCUT2D eigenvalue weighted by molar-refractivity contribution is 0.449. The highest BCUT2D eigenvalue weighted by Gasteiger charge is 2.16. The van der Waals surface area contributed by atoms with Gasteiger partial charge in [0.1, 0.15) is 22.9 Å². The van der Waals surface area contributed by atoms with Crippen molar-refractivity contribution in [1.82, 2.24) is 14.4 Å². The van der Waals surface area contributed by atoms with Crippen molar-refractivity contribution in [3.05, 3.63) is 127 Å². The highest BCUT2D eigenvalue weighted by molar-refractivity contribution is 6.12. The molecule has 0 N–H and O–H groups in total. The van der Waals surface area contributed by atoms with Gasteiger partial charge in [-0.15, -0.1) is 0 Å². The van der Waals surface area contributed by atoms with Crippen LogP contribution >= 0.6 is 0 Å². The molecule has 0 saturated carbocycles. The Balaban J connectivity index is 1.34. The van der Waals surface area contributed by atoms with Gasteiger partial charge in [-0.05, 0) is 60.3 Å². The summed E-state index contributed by atoms with van der Waals surface area (Å²) in [7, 11) is 0. The SMILES string of the molecule is Cc1ccccc1-c1cnc2c3cc(Oc4cccc(Oc5ccccn5)c4)ccc3c3ccccc3n12. The first-order chi connectivity index (χ1) is 18.7. The van der Waals surface area contributed by atoms with Crippen LogP contribution in [0.4, 0.5) is 0 Å². The van der Waals surface area contributed by atoms with Crippen molar-refractivity contribution in [1.29, 1.82) is 0 Å². The maximum absolute atomic E-state index is 6.30. The number of pyridine rings is 2. The van der Waals surface area contributed by atoms with Crippen LogP contribution in [-0.2, 0) is 0 Å². The van der Waals surface area contributed by atoms with Crippen LogP contribution in [0.2, 0.25) is 0 Å². The van der Waals surface area contributed by atoms with E-state index >= 15 is 0 Å². The first-order valence-corrected chi connectivity index (χ1v) is 12.5. The quantitative estimate of drug-likeness (QED) is 0.225. The monoisotopic (exact) mass is 493 g/mol. The smallest absolute Gasteiger partial charge is 0.219 e. The van der Waals surface area contributed by atoms with E-state index in [4.69, 9.17) is 14.5 Å². The van der Waals surface area contributed by atoms with Gasteiger partial charge in [0.25, 0.3) is 0 Å². The van der Waals surface area contributed by atoms with E-state index in [1.165, 1.54) is 16.5 Å². The summed E-state index contributed by atoms with van der Waals surface area (Å²) in [4.78, 5) is 9.14. The molecule has 5 heteroatoms. The van der Waals surface area contributed by atoms with Gasteiger partial charge in [0.05, 0.1) is 17.4 Å². The molecule has 0 amide bonds. The number of aryl methyl sites for hydroxylation is 1. The third kappa shape index (κ3) is 3.82. The lowest BCUT2D eigenvalue weighted by atomic mass is 10.0. The molecule has 182 valence electrons. The lowest BCUT2D eigenvalue weighted by Gasteiger charge is -2.13. The summed E-state index contributed by atoms with van der Waals surface area (Å²) < 4.78 is 14.4. The molecule has 7 aromatic rings. The Labute approximate surface area is 219 Å². The number of nitrogens with zero attached hydrogens (tertiary/aromatic N) is 3. The first-order valence-electron chi connectivity index (χ1n) is 12.5. The van der Waals surface area contributed by atoms with Gasteiger partial charge in [-0.25, -0.2) is 9.97 Å². The van der Waals surface area contributed by atoms with Crippen LogP contribution in [0.5, 0.6) is 23.1 Å². The minimum atomic E-state index is 0.536. The molecule has 0 unspecified atom stereocenters. The highest BCUT2D eigenvalue weighted by Crippen LogP contribution is 2.36. The number of benzene rings is 4. The van der Waals surface area contributed by atoms with Gasteiger partial charge in [-0.1, -0.05) is 54.6 Å². The van der Waals surface area contributed by atoms with E-state index in [-0.39, 0.29) is 0 Å². The number of aromatic nitrogens is 3. The van der Waals surface area contributed by atoms with Crippen molar-refractivity contribution in [2.45, 2.75) is 6.92 Å². The van der Waals surface area contributed by atoms with E-state index in [1.54, 1.807) is 6.20 Å². The molecule has 0 saturated heterocycles. The molecule has 0 aliphatic rings. The first kappa shape index (κ1) is 22.1. The fourth-order valence-corrected chi connectivity index (χ4v) is 5.00. The molecule has 38 heavy (non-hydrogen) atoms. The van der Waals surface area contributed by atoms with Gasteiger partial charge in [0.15, 0.2) is 0 Å². The number of hydrogen-bond donors (Lipinski definition) is 0. The van der Waals surface area contributed by atoms with Crippen LogP contribution in [0.15, 0.2) is 122 Å². The molecule has 0 aliphatic carbocycles. The van der Waals surface area contributed by atoms with E-state index in [2.05, 4.69) is 77.0 Å². The third-order valence-corrected chi connectivity index (χ3v) is 6.75. The molecule has 4 aromatic carbocycles. The summed E-state index contributed by atoms with van der Waals surface area (Å²) in [6, 6.07) is 36.2. The summed E-state index contributed by atoms with van der Waals surface area (Å²) in [6.45, 7) is 2.13. The van der Waals surface area contributed by atoms with E-state index in [0.717, 1.165) is 33.4 Å². The standard InChI is InChI=1S/C33H23N3O2/c1-22-9-2-3-12-26(22)31-21-35-33-29-20-25(16-17-27(29)28-13-4-5-14-30(28)36(31)33)37-23-10-8-11-24(19-23)38-32-15-6-7-18-34-32/h2-21H,1H3. The maximum Gasteiger partial charge on any atom is 0.219 e. The van der Waals surface area contributed by atoms with E-state index in [0.29, 0.717) is 17.4 Å². The zero-order valence-corrected chi connectivity index (χ0v) is 20.7. The van der Waals surface area contributed by atoms with Crippen LogP contribution in [0.1, 0.15) is 5.56 Å². The predicted octanol–water partition coefficient (Wildman–Crippen LogP) is 8.60. The molecule has 0 atom stereocenters. The fraction of sp³-hybridized carbons (Fsp3) is 0.0303. The number of fused-ring (bicyclic) bond motifs is 6. The molecular formula is C33H23N3O2. The van der Waals surface area contributed by atoms with E-state index in [1.807, 2.05) is 54.7 Å². The van der Waals surface area contributed by atoms with Crippen molar-refractivity contribution >= 4 is 27.3 Å². The van der Waals surface area contributed by atoms with Crippen molar-refractivity contribution in [2.24, 2.45) is 0 Å². The number of imidazole rings is 1. The summed E-state index contributed by atoms with van der Waals surface area (Å²) in [5.41, 5.74) is 5.47. The summed E-state index contributed by atoms with van der Waals surface area (Å²) in [5, 5.41) is 3.33. The molecule has 0 bridgehead atoms. The molecule has 0 aliphatic heterocycles. The number of rotatable bonds is 5. The van der Waals surface area contributed by atoms with Gasteiger partial charge in [-0.3, -0.25) is 4.40 Å². The molecule has 3 heterocycles. The van der Waals surface area contributed by atoms with Crippen molar-refractivity contribution in [3.63, 3.8) is 0 Å².